The number of sulfone groups is 1. The molecule has 0 aromatic heterocycles. The minimum atomic E-state index is -3.16. The van der Waals surface area contributed by atoms with Crippen LogP contribution >= 0.6 is 0 Å². The summed E-state index contributed by atoms with van der Waals surface area (Å²) in [6.45, 7) is 1.99. The van der Waals surface area contributed by atoms with Gasteiger partial charge < -0.3 is 10.1 Å². The van der Waals surface area contributed by atoms with Gasteiger partial charge in [-0.2, -0.15) is 0 Å². The van der Waals surface area contributed by atoms with Crippen molar-refractivity contribution >= 4 is 9.84 Å². The summed E-state index contributed by atoms with van der Waals surface area (Å²) >= 11 is 0. The molecule has 0 saturated carbocycles. The molecule has 0 spiro atoms. The minimum absolute atomic E-state index is 0.0452. The van der Waals surface area contributed by atoms with Crippen LogP contribution in [0.5, 0.6) is 5.75 Å². The molecule has 2 atom stereocenters. The lowest BCUT2D eigenvalue weighted by Gasteiger charge is -2.20. The Labute approximate surface area is 102 Å². The molecule has 4 nitrogen and oxygen atoms in total. The van der Waals surface area contributed by atoms with Gasteiger partial charge in [-0.25, -0.2) is 8.42 Å². The molecule has 5 heteroatoms. The molecule has 0 radical (unpaired) electrons. The second-order valence-electron chi connectivity index (χ2n) is 4.34. The molecule has 0 saturated heterocycles. The Balaban J connectivity index is 2.62. The summed E-state index contributed by atoms with van der Waals surface area (Å²) in [4.78, 5) is 0.420. The van der Waals surface area contributed by atoms with E-state index in [-0.39, 0.29) is 17.7 Å². The zero-order valence-corrected chi connectivity index (χ0v) is 11.0. The molecule has 1 N–H and O–H groups in total. The molecule has 0 amide bonds. The third kappa shape index (κ3) is 1.93. The fourth-order valence-electron chi connectivity index (χ4n) is 2.34. The number of rotatable bonds is 3. The minimum Gasteiger partial charge on any atom is -0.496 e. The smallest absolute Gasteiger partial charge is 0.179 e. The van der Waals surface area contributed by atoms with Crippen molar-refractivity contribution in [3.05, 3.63) is 23.8 Å². The van der Waals surface area contributed by atoms with E-state index in [1.165, 1.54) is 0 Å². The molecule has 0 fully saturated rings. The van der Waals surface area contributed by atoms with E-state index in [2.05, 4.69) is 5.32 Å². The van der Waals surface area contributed by atoms with E-state index in [9.17, 15) is 8.42 Å². The first-order valence-corrected chi connectivity index (χ1v) is 7.23. The van der Waals surface area contributed by atoms with Gasteiger partial charge in [0, 0.05) is 17.5 Å². The van der Waals surface area contributed by atoms with Crippen LogP contribution in [-0.2, 0) is 9.84 Å². The van der Waals surface area contributed by atoms with Crippen molar-refractivity contribution in [3.8, 4) is 5.75 Å². The summed E-state index contributed by atoms with van der Waals surface area (Å²) in [6.07, 6.45) is 0. The van der Waals surface area contributed by atoms with Crippen LogP contribution in [0.4, 0.5) is 0 Å². The maximum atomic E-state index is 12.1. The van der Waals surface area contributed by atoms with Gasteiger partial charge in [0.15, 0.2) is 9.84 Å². The lowest BCUT2D eigenvalue weighted by Crippen LogP contribution is -2.30. The maximum absolute atomic E-state index is 12.1. The van der Waals surface area contributed by atoms with E-state index in [1.807, 2.05) is 20.0 Å². The Morgan fingerprint density at radius 2 is 2.18 bits per heavy atom. The second-order valence-corrected chi connectivity index (χ2v) is 6.34. The number of ether oxygens (including phenoxy) is 1. The predicted molar refractivity (Wildman–Crippen MR) is 66.3 cm³/mol. The largest absolute Gasteiger partial charge is 0.496 e. The van der Waals surface area contributed by atoms with Gasteiger partial charge in [0.1, 0.15) is 5.75 Å². The standard InChI is InChI=1S/C12H17NO3S/c1-8(13-2)9-7-17(14,15)11-6-4-5-10(16-3)12(9)11/h4-6,8-9,13H,7H2,1-3H3. The van der Waals surface area contributed by atoms with Gasteiger partial charge in [-0.1, -0.05) is 6.07 Å². The average molecular weight is 255 g/mol. The summed E-state index contributed by atoms with van der Waals surface area (Å²) in [6, 6.07) is 5.30. The fraction of sp³-hybridized carbons (Fsp3) is 0.500. The van der Waals surface area contributed by atoms with E-state index in [4.69, 9.17) is 4.74 Å². The molecule has 1 heterocycles. The summed E-state index contributed by atoms with van der Waals surface area (Å²) in [5.74, 6) is 0.775. The number of methoxy groups -OCH3 is 1. The number of hydrogen-bond acceptors (Lipinski definition) is 4. The number of likely N-dealkylation sites (N-methyl/N-ethyl adjacent to an activating group) is 1. The Morgan fingerprint density at radius 1 is 1.47 bits per heavy atom. The van der Waals surface area contributed by atoms with Crippen molar-refractivity contribution in [3.63, 3.8) is 0 Å². The summed E-state index contributed by atoms with van der Waals surface area (Å²) in [5, 5.41) is 3.12. The molecule has 17 heavy (non-hydrogen) atoms. The van der Waals surface area contributed by atoms with Gasteiger partial charge in [-0.15, -0.1) is 0 Å². The van der Waals surface area contributed by atoms with Crippen LogP contribution in [0.2, 0.25) is 0 Å². The normalized spacial score (nSPS) is 23.1. The average Bonchev–Trinajstić information content (AvgIpc) is 2.61. The van der Waals surface area contributed by atoms with Crippen molar-refractivity contribution < 1.29 is 13.2 Å². The van der Waals surface area contributed by atoms with Crippen molar-refractivity contribution in [2.24, 2.45) is 0 Å². The van der Waals surface area contributed by atoms with E-state index in [0.29, 0.717) is 10.6 Å². The van der Waals surface area contributed by atoms with Crippen molar-refractivity contribution in [1.29, 1.82) is 0 Å². The zero-order chi connectivity index (χ0) is 12.6. The lowest BCUT2D eigenvalue weighted by atomic mass is 9.94. The first-order chi connectivity index (χ1) is 8.01. The first kappa shape index (κ1) is 12.4. The molecule has 1 aliphatic rings. The molecule has 2 unspecified atom stereocenters. The molecule has 0 aliphatic carbocycles. The highest BCUT2D eigenvalue weighted by Gasteiger charge is 2.39. The van der Waals surface area contributed by atoms with Crippen LogP contribution in [0.15, 0.2) is 23.1 Å². The van der Waals surface area contributed by atoms with E-state index in [1.54, 1.807) is 19.2 Å². The SMILES string of the molecule is CNC(C)C1CS(=O)(=O)c2cccc(OC)c21. The second kappa shape index (κ2) is 4.31. The van der Waals surface area contributed by atoms with Crippen LogP contribution in [-0.4, -0.2) is 34.4 Å². The van der Waals surface area contributed by atoms with E-state index in [0.717, 1.165) is 5.56 Å². The van der Waals surface area contributed by atoms with Crippen LogP contribution in [0, 0.1) is 0 Å². The lowest BCUT2D eigenvalue weighted by molar-refractivity contribution is 0.399. The molecule has 2 rings (SSSR count). The molecular weight excluding hydrogens is 238 g/mol. The Bertz CT molecular complexity index is 525. The molecule has 0 bridgehead atoms. The van der Waals surface area contributed by atoms with Crippen LogP contribution in [0.1, 0.15) is 18.4 Å². The molecule has 94 valence electrons. The number of hydrogen-bond donors (Lipinski definition) is 1. The van der Waals surface area contributed by atoms with E-state index >= 15 is 0 Å². The van der Waals surface area contributed by atoms with Crippen molar-refractivity contribution in [1.82, 2.24) is 5.32 Å². The van der Waals surface area contributed by atoms with Crippen molar-refractivity contribution in [2.45, 2.75) is 23.8 Å². The van der Waals surface area contributed by atoms with Gasteiger partial charge in [0.05, 0.1) is 17.8 Å². The highest BCUT2D eigenvalue weighted by molar-refractivity contribution is 7.91. The van der Waals surface area contributed by atoms with Crippen LogP contribution < -0.4 is 10.1 Å². The number of nitrogens with one attached hydrogen (secondary N) is 1. The highest BCUT2D eigenvalue weighted by atomic mass is 32.2. The summed E-state index contributed by atoms with van der Waals surface area (Å²) in [5.41, 5.74) is 0.817. The Hall–Kier alpha value is -1.07. The van der Waals surface area contributed by atoms with Crippen molar-refractivity contribution in [2.75, 3.05) is 19.9 Å². The Morgan fingerprint density at radius 3 is 2.76 bits per heavy atom. The van der Waals surface area contributed by atoms with Crippen LogP contribution in [0.25, 0.3) is 0 Å². The number of fused-ring (bicyclic) bond motifs is 1. The zero-order valence-electron chi connectivity index (χ0n) is 10.2. The van der Waals surface area contributed by atoms with E-state index < -0.39 is 9.84 Å². The van der Waals surface area contributed by atoms with Gasteiger partial charge in [-0.05, 0) is 26.1 Å². The predicted octanol–water partition coefficient (Wildman–Crippen LogP) is 1.17. The topological polar surface area (TPSA) is 55.4 Å². The molecular formula is C12H17NO3S. The van der Waals surface area contributed by atoms with Gasteiger partial charge in [0.25, 0.3) is 0 Å². The summed E-state index contributed by atoms with van der Waals surface area (Å²) < 4.78 is 29.4. The summed E-state index contributed by atoms with van der Waals surface area (Å²) in [7, 11) is 0.247. The van der Waals surface area contributed by atoms with Gasteiger partial charge in [0.2, 0.25) is 0 Å². The van der Waals surface area contributed by atoms with Gasteiger partial charge >= 0.3 is 0 Å². The highest BCUT2D eigenvalue weighted by Crippen LogP contribution is 2.42. The monoisotopic (exact) mass is 255 g/mol. The molecule has 1 aliphatic heterocycles. The van der Waals surface area contributed by atoms with Crippen LogP contribution in [0.3, 0.4) is 0 Å². The Kier molecular flexibility index (Phi) is 3.14. The quantitative estimate of drug-likeness (QED) is 0.881. The third-order valence-electron chi connectivity index (χ3n) is 3.41. The molecule has 1 aromatic rings. The first-order valence-electron chi connectivity index (χ1n) is 5.58. The number of benzene rings is 1. The fourth-order valence-corrected chi connectivity index (χ4v) is 4.32. The third-order valence-corrected chi connectivity index (χ3v) is 5.23. The van der Waals surface area contributed by atoms with Gasteiger partial charge in [-0.3, -0.25) is 0 Å². The molecule has 1 aromatic carbocycles. The maximum Gasteiger partial charge on any atom is 0.179 e.